The molecule has 2 saturated heterocycles. The first-order valence-electron chi connectivity index (χ1n) is 10.1. The molecule has 28 heavy (non-hydrogen) atoms. The molecule has 1 aromatic heterocycles. The number of hydrogen-bond donors (Lipinski definition) is 0. The summed E-state index contributed by atoms with van der Waals surface area (Å²) in [6, 6.07) is 1.42. The van der Waals surface area contributed by atoms with Gasteiger partial charge in [-0.1, -0.05) is 6.42 Å². The van der Waals surface area contributed by atoms with E-state index < -0.39 is 21.7 Å². The minimum Gasteiger partial charge on any atom is -0.300 e. The van der Waals surface area contributed by atoms with Gasteiger partial charge < -0.3 is 0 Å². The molecular formula is C19H28F3N3O2S. The van der Waals surface area contributed by atoms with Crippen molar-refractivity contribution in [1.82, 2.24) is 14.7 Å². The van der Waals surface area contributed by atoms with Crippen LogP contribution in [0.1, 0.15) is 69.3 Å². The minimum absolute atomic E-state index is 0.0615. The van der Waals surface area contributed by atoms with Crippen LogP contribution in [0, 0.1) is 5.41 Å². The smallest absolute Gasteiger partial charge is 0.300 e. The van der Waals surface area contributed by atoms with Crippen LogP contribution in [-0.4, -0.2) is 53.7 Å². The Labute approximate surface area is 164 Å². The highest BCUT2D eigenvalue weighted by molar-refractivity contribution is 7.92. The fourth-order valence-corrected chi connectivity index (χ4v) is 7.69. The van der Waals surface area contributed by atoms with Gasteiger partial charge in [-0.25, -0.2) is 8.42 Å². The van der Waals surface area contributed by atoms with Crippen molar-refractivity contribution in [3.63, 3.8) is 0 Å². The van der Waals surface area contributed by atoms with Crippen LogP contribution in [0.2, 0.25) is 0 Å². The highest BCUT2D eigenvalue weighted by Crippen LogP contribution is 2.45. The second kappa shape index (κ2) is 6.72. The van der Waals surface area contributed by atoms with Crippen molar-refractivity contribution >= 4 is 9.84 Å². The number of hydrogen-bond acceptors (Lipinski definition) is 4. The van der Waals surface area contributed by atoms with Gasteiger partial charge in [-0.2, -0.15) is 18.3 Å². The highest BCUT2D eigenvalue weighted by Gasteiger charge is 2.53. The van der Waals surface area contributed by atoms with Gasteiger partial charge >= 0.3 is 6.18 Å². The Morgan fingerprint density at radius 1 is 1.25 bits per heavy atom. The van der Waals surface area contributed by atoms with E-state index in [4.69, 9.17) is 0 Å². The van der Waals surface area contributed by atoms with Gasteiger partial charge in [-0.05, 0) is 52.1 Å². The predicted octanol–water partition coefficient (Wildman–Crippen LogP) is 3.63. The molecule has 2 aliphatic heterocycles. The third-order valence-corrected chi connectivity index (χ3v) is 8.75. The van der Waals surface area contributed by atoms with Gasteiger partial charge in [0.2, 0.25) is 0 Å². The maximum Gasteiger partial charge on any atom is 0.435 e. The van der Waals surface area contributed by atoms with Crippen LogP contribution < -0.4 is 0 Å². The Hall–Kier alpha value is -1.09. The molecule has 1 aromatic rings. The van der Waals surface area contributed by atoms with E-state index >= 15 is 0 Å². The Kier molecular flexibility index (Phi) is 4.85. The van der Waals surface area contributed by atoms with E-state index in [-0.39, 0.29) is 17.4 Å². The molecule has 1 aliphatic carbocycles. The average Bonchev–Trinajstić information content (AvgIpc) is 3.18. The topological polar surface area (TPSA) is 55.2 Å². The van der Waals surface area contributed by atoms with Crippen molar-refractivity contribution in [2.45, 2.75) is 70.1 Å². The highest BCUT2D eigenvalue weighted by atomic mass is 32.2. The fourth-order valence-electron chi connectivity index (χ4n) is 5.44. The van der Waals surface area contributed by atoms with E-state index in [0.717, 1.165) is 45.2 Å². The lowest BCUT2D eigenvalue weighted by Gasteiger charge is -2.40. The average molecular weight is 420 g/mol. The number of nitrogens with zero attached hydrogens (tertiary/aromatic N) is 3. The van der Waals surface area contributed by atoms with Gasteiger partial charge in [0.05, 0.1) is 11.5 Å². The molecule has 0 N–H and O–H groups in total. The molecule has 3 aliphatic rings. The summed E-state index contributed by atoms with van der Waals surface area (Å²) in [5, 5.41) is 3.85. The van der Waals surface area contributed by atoms with Crippen molar-refractivity contribution in [3.05, 3.63) is 17.5 Å². The molecule has 2 atom stereocenters. The first-order valence-corrected chi connectivity index (χ1v) is 11.9. The molecule has 0 radical (unpaired) electrons. The van der Waals surface area contributed by atoms with Crippen LogP contribution in [0.3, 0.4) is 0 Å². The van der Waals surface area contributed by atoms with Gasteiger partial charge in [-0.15, -0.1) is 0 Å². The van der Waals surface area contributed by atoms with E-state index in [1.54, 1.807) is 4.68 Å². The molecule has 0 aromatic carbocycles. The van der Waals surface area contributed by atoms with Gasteiger partial charge in [0.1, 0.15) is 0 Å². The molecule has 0 unspecified atom stereocenters. The van der Waals surface area contributed by atoms with Crippen LogP contribution in [0.4, 0.5) is 13.2 Å². The standard InChI is InChI=1S/C19H28F3N3O2S/c1-13(2)25-16(9-17(23-25)19(20,21)22)14-4-3-5-15(8-14)24-7-6-18(10-24)11-28(26,27)12-18/h9,13-15H,3-8,10-12H2,1-2H3/t14-,15+/m1/s1. The Morgan fingerprint density at radius 3 is 2.57 bits per heavy atom. The summed E-state index contributed by atoms with van der Waals surface area (Å²) < 4.78 is 64.4. The van der Waals surface area contributed by atoms with E-state index in [9.17, 15) is 21.6 Å². The largest absolute Gasteiger partial charge is 0.435 e. The molecule has 1 saturated carbocycles. The molecule has 158 valence electrons. The predicted molar refractivity (Wildman–Crippen MR) is 99.9 cm³/mol. The number of rotatable bonds is 3. The van der Waals surface area contributed by atoms with E-state index in [0.29, 0.717) is 23.2 Å². The normalized spacial score (nSPS) is 30.1. The SMILES string of the molecule is CC(C)n1nc(C(F)(F)F)cc1[C@@H]1CCC[C@H](N2CCC3(C2)CS(=O)(=O)C3)C1. The number of halogens is 3. The molecule has 0 bridgehead atoms. The second-order valence-electron chi connectivity index (χ2n) is 9.26. The Morgan fingerprint density at radius 2 is 1.96 bits per heavy atom. The summed E-state index contributed by atoms with van der Waals surface area (Å²) in [5.74, 6) is 0.648. The number of likely N-dealkylation sites (tertiary alicyclic amines) is 1. The van der Waals surface area contributed by atoms with Crippen molar-refractivity contribution in [2.75, 3.05) is 24.6 Å². The van der Waals surface area contributed by atoms with Crippen molar-refractivity contribution < 1.29 is 21.6 Å². The zero-order valence-corrected chi connectivity index (χ0v) is 17.2. The van der Waals surface area contributed by atoms with E-state index in [1.807, 2.05) is 13.8 Å². The molecule has 3 heterocycles. The third kappa shape index (κ3) is 3.72. The molecule has 1 spiro atoms. The molecule has 3 fully saturated rings. The van der Waals surface area contributed by atoms with Gasteiger partial charge in [-0.3, -0.25) is 9.58 Å². The molecule has 9 heteroatoms. The lowest BCUT2D eigenvalue weighted by molar-refractivity contribution is -0.141. The Balaban J connectivity index is 1.50. The van der Waals surface area contributed by atoms with Crippen LogP contribution in [0.5, 0.6) is 0 Å². The summed E-state index contributed by atoms with van der Waals surface area (Å²) in [7, 11) is -2.85. The Bertz CT molecular complexity index is 835. The van der Waals surface area contributed by atoms with Crippen molar-refractivity contribution in [2.24, 2.45) is 5.41 Å². The molecule has 0 amide bonds. The zero-order valence-electron chi connectivity index (χ0n) is 16.4. The lowest BCUT2D eigenvalue weighted by atomic mass is 9.82. The monoisotopic (exact) mass is 419 g/mol. The summed E-state index contributed by atoms with van der Waals surface area (Å²) in [6.45, 7) is 5.42. The maximum absolute atomic E-state index is 13.2. The van der Waals surface area contributed by atoms with E-state index in [1.165, 1.54) is 6.07 Å². The minimum atomic E-state index is -4.43. The number of alkyl halides is 3. The van der Waals surface area contributed by atoms with Crippen LogP contribution in [-0.2, 0) is 16.0 Å². The van der Waals surface area contributed by atoms with Crippen molar-refractivity contribution in [3.8, 4) is 0 Å². The second-order valence-corrected chi connectivity index (χ2v) is 11.3. The number of aromatic nitrogens is 2. The third-order valence-electron chi connectivity index (χ3n) is 6.65. The summed E-state index contributed by atoms with van der Waals surface area (Å²) in [4.78, 5) is 2.39. The first-order chi connectivity index (χ1) is 13.0. The van der Waals surface area contributed by atoms with E-state index in [2.05, 4.69) is 10.00 Å². The summed E-state index contributed by atoms with van der Waals surface area (Å²) in [5.41, 5.74) is -0.195. The maximum atomic E-state index is 13.2. The van der Waals surface area contributed by atoms with Gasteiger partial charge in [0, 0.05) is 35.7 Å². The first kappa shape index (κ1) is 20.2. The zero-order chi connectivity index (χ0) is 20.3. The summed E-state index contributed by atoms with van der Waals surface area (Å²) in [6.07, 6.45) is 0.177. The lowest BCUT2D eigenvalue weighted by Crippen LogP contribution is -2.51. The van der Waals surface area contributed by atoms with Gasteiger partial charge in [0.15, 0.2) is 15.5 Å². The molecule has 4 rings (SSSR count). The fraction of sp³-hybridized carbons (Fsp3) is 0.842. The van der Waals surface area contributed by atoms with Crippen LogP contribution in [0.15, 0.2) is 6.07 Å². The van der Waals surface area contributed by atoms with Crippen molar-refractivity contribution in [1.29, 1.82) is 0 Å². The molecule has 5 nitrogen and oxygen atoms in total. The van der Waals surface area contributed by atoms with Gasteiger partial charge in [0.25, 0.3) is 0 Å². The quantitative estimate of drug-likeness (QED) is 0.751. The van der Waals surface area contributed by atoms with Crippen LogP contribution in [0.25, 0.3) is 0 Å². The summed E-state index contributed by atoms with van der Waals surface area (Å²) >= 11 is 0. The number of sulfone groups is 1. The molecular weight excluding hydrogens is 391 g/mol. The van der Waals surface area contributed by atoms with Crippen LogP contribution >= 0.6 is 0 Å².